The number of fused-ring (bicyclic) bond motifs is 3. The molecule has 4 heteroatoms. The molecule has 0 saturated heterocycles. The number of hydrogen-bond donors (Lipinski definition) is 1. The predicted molar refractivity (Wildman–Crippen MR) is 88.9 cm³/mol. The van der Waals surface area contributed by atoms with E-state index in [1.54, 1.807) is 18.2 Å². The van der Waals surface area contributed by atoms with E-state index in [1.807, 2.05) is 12.1 Å². The summed E-state index contributed by atoms with van der Waals surface area (Å²) in [5.74, 6) is -0.348. The fourth-order valence-electron chi connectivity index (χ4n) is 3.30. The lowest BCUT2D eigenvalue weighted by molar-refractivity contribution is 0.631. The Morgan fingerprint density at radius 1 is 1.05 bits per heavy atom. The normalized spacial score (nSPS) is 14.8. The summed E-state index contributed by atoms with van der Waals surface area (Å²) in [6.45, 7) is 2.82. The van der Waals surface area contributed by atoms with Gasteiger partial charge in [-0.2, -0.15) is 0 Å². The van der Waals surface area contributed by atoms with Crippen LogP contribution in [0, 0.1) is 5.82 Å². The zero-order chi connectivity index (χ0) is 15.1. The predicted octanol–water partition coefficient (Wildman–Crippen LogP) is 4.25. The van der Waals surface area contributed by atoms with E-state index < -0.39 is 0 Å². The van der Waals surface area contributed by atoms with Gasteiger partial charge in [0.2, 0.25) is 0 Å². The SMILES string of the molecule is Fc1c(Cl)cccc1-c1cccc2cc3n(c12)CCNCC3. The first-order valence-electron chi connectivity index (χ1n) is 7.52. The average molecular weight is 315 g/mol. The van der Waals surface area contributed by atoms with E-state index in [4.69, 9.17) is 11.6 Å². The summed E-state index contributed by atoms with van der Waals surface area (Å²) in [4.78, 5) is 0. The Balaban J connectivity index is 2.02. The second kappa shape index (κ2) is 5.41. The quantitative estimate of drug-likeness (QED) is 0.710. The van der Waals surface area contributed by atoms with Crippen molar-refractivity contribution in [2.45, 2.75) is 13.0 Å². The Kier molecular flexibility index (Phi) is 3.40. The number of halogens is 2. The summed E-state index contributed by atoms with van der Waals surface area (Å²) in [5.41, 5.74) is 3.87. The van der Waals surface area contributed by atoms with E-state index >= 15 is 0 Å². The van der Waals surface area contributed by atoms with Crippen molar-refractivity contribution in [1.82, 2.24) is 9.88 Å². The largest absolute Gasteiger partial charge is 0.343 e. The van der Waals surface area contributed by atoms with Crippen LogP contribution >= 0.6 is 11.6 Å². The van der Waals surface area contributed by atoms with Crippen LogP contribution in [0.2, 0.25) is 5.02 Å². The molecule has 2 aromatic carbocycles. The van der Waals surface area contributed by atoms with Crippen LogP contribution in [0.15, 0.2) is 42.5 Å². The van der Waals surface area contributed by atoms with Crippen LogP contribution in [0.25, 0.3) is 22.0 Å². The molecule has 1 aliphatic rings. The molecule has 3 aromatic rings. The van der Waals surface area contributed by atoms with Gasteiger partial charge in [0, 0.05) is 48.3 Å². The van der Waals surface area contributed by atoms with Crippen molar-refractivity contribution in [3.05, 3.63) is 59.0 Å². The van der Waals surface area contributed by atoms with Crippen LogP contribution in [0.1, 0.15) is 5.69 Å². The number of rotatable bonds is 1. The van der Waals surface area contributed by atoms with Gasteiger partial charge in [-0.3, -0.25) is 0 Å². The van der Waals surface area contributed by atoms with Gasteiger partial charge in [0.1, 0.15) is 5.82 Å². The van der Waals surface area contributed by atoms with Crippen molar-refractivity contribution in [2.75, 3.05) is 13.1 Å². The van der Waals surface area contributed by atoms with Gasteiger partial charge in [-0.1, -0.05) is 41.9 Å². The lowest BCUT2D eigenvalue weighted by Crippen LogP contribution is -2.17. The molecule has 4 rings (SSSR count). The first-order chi connectivity index (χ1) is 10.8. The standard InChI is InChI=1S/C18H16ClFN2/c19-16-6-2-4-14(17(16)20)15-5-1-3-12-11-13-7-8-21-9-10-22(13)18(12)15/h1-6,11,21H,7-10H2. The van der Waals surface area contributed by atoms with E-state index in [2.05, 4.69) is 22.0 Å². The highest BCUT2D eigenvalue weighted by atomic mass is 35.5. The molecular weight excluding hydrogens is 299 g/mol. The highest BCUT2D eigenvalue weighted by Gasteiger charge is 2.17. The van der Waals surface area contributed by atoms with Crippen molar-refractivity contribution in [1.29, 1.82) is 0 Å². The average Bonchev–Trinajstić information content (AvgIpc) is 2.72. The van der Waals surface area contributed by atoms with E-state index in [-0.39, 0.29) is 10.8 Å². The number of hydrogen-bond acceptors (Lipinski definition) is 1. The molecule has 0 unspecified atom stereocenters. The summed E-state index contributed by atoms with van der Waals surface area (Å²) in [6, 6.07) is 13.4. The molecule has 22 heavy (non-hydrogen) atoms. The van der Waals surface area contributed by atoms with E-state index in [9.17, 15) is 4.39 Å². The molecule has 1 aliphatic heterocycles. The Hall–Kier alpha value is -1.84. The highest BCUT2D eigenvalue weighted by molar-refractivity contribution is 6.31. The molecule has 0 saturated carbocycles. The minimum Gasteiger partial charge on any atom is -0.343 e. The maximum atomic E-state index is 14.5. The minimum absolute atomic E-state index is 0.166. The third-order valence-electron chi connectivity index (χ3n) is 4.32. The third kappa shape index (κ3) is 2.13. The van der Waals surface area contributed by atoms with Gasteiger partial charge < -0.3 is 9.88 Å². The number of nitrogens with one attached hydrogen (secondary N) is 1. The summed E-state index contributed by atoms with van der Waals surface area (Å²) >= 11 is 5.97. The van der Waals surface area contributed by atoms with E-state index in [0.717, 1.165) is 42.5 Å². The number of para-hydroxylation sites is 1. The van der Waals surface area contributed by atoms with E-state index in [0.29, 0.717) is 5.56 Å². The Labute approximate surface area is 133 Å². The zero-order valence-electron chi connectivity index (χ0n) is 12.1. The maximum Gasteiger partial charge on any atom is 0.149 e. The fourth-order valence-corrected chi connectivity index (χ4v) is 3.48. The lowest BCUT2D eigenvalue weighted by Gasteiger charge is -2.12. The van der Waals surface area contributed by atoms with E-state index in [1.165, 1.54) is 5.69 Å². The molecule has 0 spiro atoms. The first-order valence-corrected chi connectivity index (χ1v) is 7.90. The number of nitrogens with zero attached hydrogens (tertiary/aromatic N) is 1. The second-order valence-electron chi connectivity index (χ2n) is 5.63. The summed E-state index contributed by atoms with van der Waals surface area (Å²) < 4.78 is 16.8. The lowest BCUT2D eigenvalue weighted by atomic mass is 10.0. The van der Waals surface area contributed by atoms with Crippen LogP contribution in [0.4, 0.5) is 4.39 Å². The van der Waals surface area contributed by atoms with Gasteiger partial charge in [-0.05, 0) is 12.1 Å². The zero-order valence-corrected chi connectivity index (χ0v) is 12.8. The van der Waals surface area contributed by atoms with Gasteiger partial charge in [-0.15, -0.1) is 0 Å². The molecule has 0 amide bonds. The van der Waals surface area contributed by atoms with Gasteiger partial charge >= 0.3 is 0 Å². The van der Waals surface area contributed by atoms with Crippen LogP contribution in [0.5, 0.6) is 0 Å². The minimum atomic E-state index is -0.348. The smallest absolute Gasteiger partial charge is 0.149 e. The van der Waals surface area contributed by atoms with Crippen LogP contribution < -0.4 is 5.32 Å². The molecule has 0 aliphatic carbocycles. The van der Waals surface area contributed by atoms with Crippen molar-refractivity contribution >= 4 is 22.5 Å². The maximum absolute atomic E-state index is 14.5. The van der Waals surface area contributed by atoms with Gasteiger partial charge in [0.25, 0.3) is 0 Å². The molecule has 2 heterocycles. The van der Waals surface area contributed by atoms with Gasteiger partial charge in [0.05, 0.1) is 10.5 Å². The molecule has 112 valence electrons. The molecule has 0 radical (unpaired) electrons. The van der Waals surface area contributed by atoms with Crippen LogP contribution in [0.3, 0.4) is 0 Å². The van der Waals surface area contributed by atoms with Crippen molar-refractivity contribution in [3.8, 4) is 11.1 Å². The Bertz CT molecular complexity index is 854. The molecule has 1 N–H and O–H groups in total. The van der Waals surface area contributed by atoms with Crippen LogP contribution in [-0.4, -0.2) is 17.7 Å². The molecule has 0 fully saturated rings. The second-order valence-corrected chi connectivity index (χ2v) is 6.04. The molecule has 2 nitrogen and oxygen atoms in total. The number of benzene rings is 2. The monoisotopic (exact) mass is 314 g/mol. The topological polar surface area (TPSA) is 17.0 Å². The van der Waals surface area contributed by atoms with Crippen molar-refractivity contribution < 1.29 is 4.39 Å². The Morgan fingerprint density at radius 2 is 1.86 bits per heavy atom. The molecule has 1 aromatic heterocycles. The molecular formula is C18H16ClFN2. The first kappa shape index (κ1) is 13.8. The summed E-state index contributed by atoms with van der Waals surface area (Å²) in [5, 5.41) is 4.74. The van der Waals surface area contributed by atoms with Crippen molar-refractivity contribution in [2.24, 2.45) is 0 Å². The number of aromatic nitrogens is 1. The fraction of sp³-hybridized carbons (Fsp3) is 0.222. The van der Waals surface area contributed by atoms with Gasteiger partial charge in [-0.25, -0.2) is 4.39 Å². The third-order valence-corrected chi connectivity index (χ3v) is 4.61. The highest BCUT2D eigenvalue weighted by Crippen LogP contribution is 2.34. The summed E-state index contributed by atoms with van der Waals surface area (Å²) in [7, 11) is 0. The van der Waals surface area contributed by atoms with Crippen molar-refractivity contribution in [3.63, 3.8) is 0 Å². The molecule has 0 atom stereocenters. The Morgan fingerprint density at radius 3 is 2.77 bits per heavy atom. The summed E-state index contributed by atoms with van der Waals surface area (Å²) in [6.07, 6.45) is 0.992. The van der Waals surface area contributed by atoms with Crippen LogP contribution in [-0.2, 0) is 13.0 Å². The molecule has 0 bridgehead atoms. The van der Waals surface area contributed by atoms with Gasteiger partial charge in [0.15, 0.2) is 0 Å².